The Kier molecular flexibility index (Phi) is 3.04. The van der Waals surface area contributed by atoms with E-state index in [0.717, 1.165) is 33.8 Å². The van der Waals surface area contributed by atoms with Gasteiger partial charge >= 0.3 is 0 Å². The van der Waals surface area contributed by atoms with Crippen LogP contribution in [-0.2, 0) is 11.8 Å². The zero-order valence-corrected chi connectivity index (χ0v) is 11.9. The Hall–Kier alpha value is -2.41. The van der Waals surface area contributed by atoms with Crippen LogP contribution in [0.4, 0.5) is 0 Å². The molecule has 0 N–H and O–H groups in total. The number of thioether (sulfide) groups is 1. The summed E-state index contributed by atoms with van der Waals surface area (Å²) in [5, 5.41) is 16.7. The van der Waals surface area contributed by atoms with Gasteiger partial charge in [0, 0.05) is 0 Å². The Bertz CT molecular complexity index is 822. The Morgan fingerprint density at radius 2 is 1.19 bits per heavy atom. The fourth-order valence-electron chi connectivity index (χ4n) is 2.24. The fourth-order valence-corrected chi connectivity index (χ4v) is 3.05. The van der Waals surface area contributed by atoms with E-state index >= 15 is 0 Å². The predicted octanol–water partition coefficient (Wildman–Crippen LogP) is 2.52. The van der Waals surface area contributed by atoms with Crippen molar-refractivity contribution in [3.63, 3.8) is 0 Å². The first-order valence-electron chi connectivity index (χ1n) is 6.56. The highest BCUT2D eigenvalue weighted by atomic mass is 32.2. The summed E-state index contributed by atoms with van der Waals surface area (Å²) >= 11 is 1.72. The lowest BCUT2D eigenvalue weighted by Crippen LogP contribution is -2.01. The minimum atomic E-state index is 0.731. The molecule has 0 saturated carbocycles. The lowest BCUT2D eigenvalue weighted by molar-refractivity contribution is 0.700. The topological polar surface area (TPSA) is 61.4 Å². The predicted molar refractivity (Wildman–Crippen MR) is 82.6 cm³/mol. The molecule has 21 heavy (non-hydrogen) atoms. The van der Waals surface area contributed by atoms with Crippen LogP contribution in [-0.4, -0.2) is 30.0 Å². The number of rotatable bonds is 4. The highest BCUT2D eigenvalue weighted by molar-refractivity contribution is 7.97. The van der Waals surface area contributed by atoms with Crippen molar-refractivity contribution in [2.24, 2.45) is 0 Å². The highest BCUT2D eigenvalue weighted by Gasteiger charge is 2.05. The maximum Gasteiger partial charge on any atom is 0.113 e. The van der Waals surface area contributed by atoms with Gasteiger partial charge in [-0.1, -0.05) is 34.7 Å². The molecule has 0 fully saturated rings. The van der Waals surface area contributed by atoms with Gasteiger partial charge in [0.25, 0.3) is 0 Å². The van der Waals surface area contributed by atoms with Gasteiger partial charge < -0.3 is 0 Å². The van der Waals surface area contributed by atoms with Crippen molar-refractivity contribution >= 4 is 33.8 Å². The maximum absolute atomic E-state index is 4.18. The molecule has 104 valence electrons. The molecule has 6 nitrogen and oxygen atoms in total. The van der Waals surface area contributed by atoms with Gasteiger partial charge in [-0.25, -0.2) is 9.36 Å². The highest BCUT2D eigenvalue weighted by Crippen LogP contribution is 2.17. The van der Waals surface area contributed by atoms with E-state index in [2.05, 4.69) is 20.6 Å². The van der Waals surface area contributed by atoms with Gasteiger partial charge in [0.05, 0.1) is 22.8 Å². The van der Waals surface area contributed by atoms with Crippen LogP contribution in [0.5, 0.6) is 0 Å². The summed E-state index contributed by atoms with van der Waals surface area (Å²) < 4.78 is 3.80. The van der Waals surface area contributed by atoms with Crippen molar-refractivity contribution < 1.29 is 0 Å². The summed E-state index contributed by atoms with van der Waals surface area (Å²) in [5.74, 6) is 1.46. The average Bonchev–Trinajstić information content (AvgIpc) is 3.13. The monoisotopic (exact) mass is 296 g/mol. The molecule has 2 heterocycles. The number of hydrogen-bond donors (Lipinski definition) is 0. The minimum absolute atomic E-state index is 0.731. The van der Waals surface area contributed by atoms with Crippen LogP contribution in [0, 0.1) is 0 Å². The standard InChI is InChI=1S/C14H12N6S/c1-3-7-13-11(5-1)15-17-19(13)9-21-10-20-14-8-4-2-6-12(14)16-18-20/h1-8H,9-10H2. The molecule has 0 bridgehead atoms. The quantitative estimate of drug-likeness (QED) is 0.579. The van der Waals surface area contributed by atoms with E-state index in [0.29, 0.717) is 0 Å². The molecule has 4 rings (SSSR count). The third-order valence-electron chi connectivity index (χ3n) is 3.27. The van der Waals surface area contributed by atoms with E-state index in [1.54, 1.807) is 11.8 Å². The van der Waals surface area contributed by atoms with Crippen molar-refractivity contribution in [1.29, 1.82) is 0 Å². The summed E-state index contributed by atoms with van der Waals surface area (Å²) in [7, 11) is 0. The third kappa shape index (κ3) is 2.25. The Morgan fingerprint density at radius 3 is 1.71 bits per heavy atom. The van der Waals surface area contributed by atoms with Crippen molar-refractivity contribution in [2.45, 2.75) is 11.8 Å². The zero-order valence-electron chi connectivity index (χ0n) is 11.1. The Morgan fingerprint density at radius 1 is 0.714 bits per heavy atom. The summed E-state index contributed by atoms with van der Waals surface area (Å²) in [6, 6.07) is 15.9. The van der Waals surface area contributed by atoms with E-state index in [-0.39, 0.29) is 0 Å². The second-order valence-electron chi connectivity index (χ2n) is 4.62. The van der Waals surface area contributed by atoms with E-state index in [1.165, 1.54) is 0 Å². The molecule has 7 heteroatoms. The summed E-state index contributed by atoms with van der Waals surface area (Å²) in [4.78, 5) is 0. The zero-order chi connectivity index (χ0) is 14.1. The van der Waals surface area contributed by atoms with Crippen molar-refractivity contribution in [3.8, 4) is 0 Å². The smallest absolute Gasteiger partial charge is 0.113 e. The number of benzene rings is 2. The molecule has 0 radical (unpaired) electrons. The fraction of sp³-hybridized carbons (Fsp3) is 0.143. The Balaban J connectivity index is 1.50. The maximum atomic E-state index is 4.18. The molecule has 2 aromatic heterocycles. The van der Waals surface area contributed by atoms with Crippen LogP contribution >= 0.6 is 11.8 Å². The molecule has 0 unspecified atom stereocenters. The second kappa shape index (κ2) is 5.17. The van der Waals surface area contributed by atoms with E-state index in [4.69, 9.17) is 0 Å². The van der Waals surface area contributed by atoms with Crippen LogP contribution in [0.2, 0.25) is 0 Å². The van der Waals surface area contributed by atoms with Gasteiger partial charge in [-0.05, 0) is 24.3 Å². The summed E-state index contributed by atoms with van der Waals surface area (Å²) in [6.45, 7) is 0. The van der Waals surface area contributed by atoms with Gasteiger partial charge in [0.1, 0.15) is 11.0 Å². The molecule has 0 amide bonds. The molecular weight excluding hydrogens is 284 g/mol. The van der Waals surface area contributed by atoms with E-state index in [1.807, 2.05) is 57.9 Å². The largest absolute Gasteiger partial charge is 0.235 e. The third-order valence-corrected chi connectivity index (χ3v) is 4.12. The number of nitrogens with zero attached hydrogens (tertiary/aromatic N) is 6. The molecule has 0 aliphatic rings. The molecule has 2 aromatic carbocycles. The first kappa shape index (κ1) is 12.3. The first-order chi connectivity index (χ1) is 10.4. The number of fused-ring (bicyclic) bond motifs is 2. The van der Waals surface area contributed by atoms with Crippen LogP contribution in [0.15, 0.2) is 48.5 Å². The number of hydrogen-bond acceptors (Lipinski definition) is 5. The van der Waals surface area contributed by atoms with Gasteiger partial charge in [-0.3, -0.25) is 0 Å². The Labute approximate surface area is 124 Å². The van der Waals surface area contributed by atoms with Crippen LogP contribution < -0.4 is 0 Å². The second-order valence-corrected chi connectivity index (χ2v) is 5.54. The molecule has 0 aliphatic carbocycles. The van der Waals surface area contributed by atoms with Crippen molar-refractivity contribution in [2.75, 3.05) is 0 Å². The number of para-hydroxylation sites is 2. The van der Waals surface area contributed by atoms with Gasteiger partial charge in [0.2, 0.25) is 0 Å². The molecule has 0 atom stereocenters. The SMILES string of the molecule is c1ccc2c(c1)nnn2CSCn1nnc2ccccc21. The lowest BCUT2D eigenvalue weighted by Gasteiger charge is -2.03. The molecule has 4 aromatic rings. The van der Waals surface area contributed by atoms with E-state index in [9.17, 15) is 0 Å². The van der Waals surface area contributed by atoms with Crippen LogP contribution in [0.25, 0.3) is 22.1 Å². The van der Waals surface area contributed by atoms with Crippen molar-refractivity contribution in [1.82, 2.24) is 30.0 Å². The summed E-state index contributed by atoms with van der Waals surface area (Å²) in [5.41, 5.74) is 3.94. The molecule has 0 aliphatic heterocycles. The van der Waals surface area contributed by atoms with Crippen LogP contribution in [0.1, 0.15) is 0 Å². The summed E-state index contributed by atoms with van der Waals surface area (Å²) in [6.07, 6.45) is 0. The first-order valence-corrected chi connectivity index (χ1v) is 7.71. The van der Waals surface area contributed by atoms with Crippen molar-refractivity contribution in [3.05, 3.63) is 48.5 Å². The minimum Gasteiger partial charge on any atom is -0.235 e. The average molecular weight is 296 g/mol. The van der Waals surface area contributed by atoms with Gasteiger partial charge in [-0.15, -0.1) is 22.0 Å². The van der Waals surface area contributed by atoms with E-state index < -0.39 is 0 Å². The van der Waals surface area contributed by atoms with Crippen LogP contribution in [0.3, 0.4) is 0 Å². The molecule has 0 saturated heterocycles. The molecular formula is C14H12N6S. The number of aromatic nitrogens is 6. The lowest BCUT2D eigenvalue weighted by atomic mass is 10.3. The van der Waals surface area contributed by atoms with Gasteiger partial charge in [0.15, 0.2) is 0 Å². The molecule has 0 spiro atoms. The normalized spacial score (nSPS) is 11.4. The van der Waals surface area contributed by atoms with Gasteiger partial charge in [-0.2, -0.15) is 0 Å².